The first-order valence-electron chi connectivity index (χ1n) is 12.4. The minimum atomic E-state index is -4.94. The van der Waals surface area contributed by atoms with Crippen molar-refractivity contribution in [2.75, 3.05) is 13.1 Å². The summed E-state index contributed by atoms with van der Waals surface area (Å²) in [5.74, 6) is -3.12. The number of alkyl halides is 3. The first-order chi connectivity index (χ1) is 17.9. The number of carboxylic acids is 1. The highest BCUT2D eigenvalue weighted by atomic mass is 35.5. The van der Waals surface area contributed by atoms with E-state index in [1.165, 1.54) is 12.4 Å². The largest absolute Gasteiger partial charge is 0.481 e. The molecule has 2 aromatic rings. The second-order valence-corrected chi connectivity index (χ2v) is 12.4. The zero-order chi connectivity index (χ0) is 29.5. The molecule has 0 radical (unpaired) electrons. The van der Waals surface area contributed by atoms with Gasteiger partial charge >= 0.3 is 12.1 Å². The Morgan fingerprint density at radius 1 is 1.15 bits per heavy atom. The average molecular weight is 591 g/mol. The molecule has 3 rings (SSSR count). The van der Waals surface area contributed by atoms with E-state index in [1.807, 2.05) is 0 Å². The standard InChI is InChI=1S/C26H31Cl2F3N4O4/c1-14-8-25(5,23(38)39)7-6-18(14)35-21(26(29,30)31)15(9-33-35)22(37)34(13-24(2,3)4)12-19(36)20-16(27)10-32-11-17(20)28/h9-11,14,18H,6-8,12-13H2,1-5H3,(H,38,39)/t14-,18+,25-/m1/s1. The number of carbonyl (C=O) groups is 3. The van der Waals surface area contributed by atoms with E-state index in [4.69, 9.17) is 23.2 Å². The van der Waals surface area contributed by atoms with Crippen molar-refractivity contribution < 1.29 is 32.7 Å². The van der Waals surface area contributed by atoms with E-state index in [2.05, 4.69) is 10.1 Å². The van der Waals surface area contributed by atoms with Crippen molar-refractivity contribution in [3.63, 3.8) is 0 Å². The van der Waals surface area contributed by atoms with Gasteiger partial charge in [-0.05, 0) is 37.5 Å². The van der Waals surface area contributed by atoms with Gasteiger partial charge in [-0.1, -0.05) is 50.9 Å². The fraction of sp³-hybridized carbons (Fsp3) is 0.577. The van der Waals surface area contributed by atoms with E-state index >= 15 is 0 Å². The maximum Gasteiger partial charge on any atom is 0.433 e. The van der Waals surface area contributed by atoms with Crippen LogP contribution in [-0.2, 0) is 11.0 Å². The van der Waals surface area contributed by atoms with Gasteiger partial charge in [0.05, 0.1) is 45.4 Å². The molecule has 3 atom stereocenters. The summed E-state index contributed by atoms with van der Waals surface area (Å²) in [6, 6.07) is -0.761. The summed E-state index contributed by atoms with van der Waals surface area (Å²) >= 11 is 12.2. The molecule has 8 nitrogen and oxygen atoms in total. The molecule has 39 heavy (non-hydrogen) atoms. The van der Waals surface area contributed by atoms with Crippen molar-refractivity contribution in [1.29, 1.82) is 0 Å². The van der Waals surface area contributed by atoms with E-state index in [0.29, 0.717) is 0 Å². The highest BCUT2D eigenvalue weighted by Crippen LogP contribution is 2.46. The number of aromatic nitrogens is 3. The van der Waals surface area contributed by atoms with Gasteiger partial charge in [0.1, 0.15) is 0 Å². The number of pyridine rings is 1. The van der Waals surface area contributed by atoms with Crippen LogP contribution >= 0.6 is 23.2 Å². The van der Waals surface area contributed by atoms with Crippen molar-refractivity contribution in [3.8, 4) is 0 Å². The Bertz CT molecular complexity index is 1250. The smallest absolute Gasteiger partial charge is 0.433 e. The number of carboxylic acid groups (broad SMARTS) is 1. The third kappa shape index (κ3) is 6.74. The number of halogens is 5. The fourth-order valence-corrected chi connectivity index (χ4v) is 5.76. The summed E-state index contributed by atoms with van der Waals surface area (Å²) in [6.45, 7) is 7.98. The molecule has 1 aliphatic carbocycles. The lowest BCUT2D eigenvalue weighted by atomic mass is 9.69. The molecule has 214 valence electrons. The van der Waals surface area contributed by atoms with Gasteiger partial charge in [0, 0.05) is 18.9 Å². The van der Waals surface area contributed by atoms with Gasteiger partial charge < -0.3 is 10.0 Å². The van der Waals surface area contributed by atoms with Crippen molar-refractivity contribution >= 4 is 40.9 Å². The second kappa shape index (κ2) is 11.1. The quantitative estimate of drug-likeness (QED) is 0.373. The summed E-state index contributed by atoms with van der Waals surface area (Å²) in [6.07, 6.45) is -1.18. The molecule has 0 spiro atoms. The number of aliphatic carboxylic acids is 1. The van der Waals surface area contributed by atoms with Crippen molar-refractivity contribution in [3.05, 3.63) is 45.5 Å². The molecule has 1 fully saturated rings. The molecule has 0 bridgehead atoms. The summed E-state index contributed by atoms with van der Waals surface area (Å²) in [5, 5.41) is 13.5. The molecule has 1 aliphatic rings. The average Bonchev–Trinajstić information content (AvgIpc) is 3.22. The van der Waals surface area contributed by atoms with E-state index in [-0.39, 0.29) is 41.4 Å². The molecule has 0 saturated heterocycles. The number of hydrogen-bond donors (Lipinski definition) is 1. The molecule has 1 amide bonds. The van der Waals surface area contributed by atoms with Gasteiger partial charge in [0.2, 0.25) is 0 Å². The fourth-order valence-electron chi connectivity index (χ4n) is 5.18. The van der Waals surface area contributed by atoms with Crippen molar-refractivity contribution in [2.45, 2.75) is 66.1 Å². The van der Waals surface area contributed by atoms with E-state index < -0.39 is 64.4 Å². The highest BCUT2D eigenvalue weighted by molar-refractivity contribution is 6.39. The minimum Gasteiger partial charge on any atom is -0.481 e. The van der Waals surface area contributed by atoms with E-state index in [0.717, 1.165) is 15.8 Å². The van der Waals surface area contributed by atoms with Crippen LogP contribution in [0.15, 0.2) is 18.6 Å². The predicted molar refractivity (Wildman–Crippen MR) is 139 cm³/mol. The SMILES string of the molecule is C[C@@H]1C[C@](C)(C(=O)O)CC[C@@H]1n1ncc(C(=O)N(CC(=O)c2c(Cl)cncc2Cl)CC(C)(C)C)c1C(F)(F)F. The zero-order valence-electron chi connectivity index (χ0n) is 22.3. The van der Waals surface area contributed by atoms with Gasteiger partial charge in [-0.3, -0.25) is 24.0 Å². The summed E-state index contributed by atoms with van der Waals surface area (Å²) in [5.41, 5.74) is -3.63. The molecular formula is C26H31Cl2F3N4O4. The Morgan fingerprint density at radius 2 is 1.74 bits per heavy atom. The highest BCUT2D eigenvalue weighted by Gasteiger charge is 2.47. The molecule has 2 heterocycles. The van der Waals surface area contributed by atoms with Crippen LogP contribution in [0.1, 0.15) is 86.3 Å². The van der Waals surface area contributed by atoms with Crippen LogP contribution < -0.4 is 0 Å². The molecular weight excluding hydrogens is 560 g/mol. The van der Waals surface area contributed by atoms with Crippen molar-refractivity contribution in [1.82, 2.24) is 19.7 Å². The Balaban J connectivity index is 2.02. The number of ketones is 1. The van der Waals surface area contributed by atoms with Crippen molar-refractivity contribution in [2.24, 2.45) is 16.7 Å². The Morgan fingerprint density at radius 3 is 2.23 bits per heavy atom. The van der Waals surface area contributed by atoms with E-state index in [9.17, 15) is 32.7 Å². The lowest BCUT2D eigenvalue weighted by Crippen LogP contribution is -2.42. The van der Waals surface area contributed by atoms with E-state index in [1.54, 1.807) is 34.6 Å². The maximum absolute atomic E-state index is 14.5. The second-order valence-electron chi connectivity index (χ2n) is 11.6. The number of carbonyl (C=O) groups excluding carboxylic acids is 2. The molecule has 0 aliphatic heterocycles. The van der Waals surface area contributed by atoms with Crippen LogP contribution in [0, 0.1) is 16.7 Å². The Hall–Kier alpha value is -2.66. The van der Waals surface area contributed by atoms with Gasteiger partial charge in [-0.15, -0.1) is 0 Å². The van der Waals surface area contributed by atoms with Crippen LogP contribution in [0.5, 0.6) is 0 Å². The molecule has 1 N–H and O–H groups in total. The molecule has 0 aromatic carbocycles. The summed E-state index contributed by atoms with van der Waals surface area (Å²) in [7, 11) is 0. The zero-order valence-corrected chi connectivity index (χ0v) is 23.8. The summed E-state index contributed by atoms with van der Waals surface area (Å²) < 4.78 is 44.2. The Labute approximate surface area is 234 Å². The monoisotopic (exact) mass is 590 g/mol. The van der Waals surface area contributed by atoms with Crippen LogP contribution in [-0.4, -0.2) is 55.5 Å². The number of nitrogens with zero attached hydrogens (tertiary/aromatic N) is 4. The lowest BCUT2D eigenvalue weighted by Gasteiger charge is -2.39. The van der Waals surface area contributed by atoms with Crippen LogP contribution in [0.25, 0.3) is 0 Å². The Kier molecular flexibility index (Phi) is 8.77. The van der Waals surface area contributed by atoms with Crippen LogP contribution in [0.4, 0.5) is 13.2 Å². The predicted octanol–water partition coefficient (Wildman–Crippen LogP) is 6.43. The first kappa shape index (κ1) is 30.9. The molecule has 2 aromatic heterocycles. The van der Waals surface area contributed by atoms with Gasteiger partial charge in [-0.2, -0.15) is 18.3 Å². The van der Waals surface area contributed by atoms with Gasteiger partial charge in [0.25, 0.3) is 5.91 Å². The number of hydrogen-bond acceptors (Lipinski definition) is 5. The van der Waals surface area contributed by atoms with Gasteiger partial charge in [0.15, 0.2) is 11.5 Å². The third-order valence-corrected chi connectivity index (χ3v) is 7.54. The third-order valence-electron chi connectivity index (χ3n) is 6.97. The lowest BCUT2D eigenvalue weighted by molar-refractivity contribution is -0.153. The molecule has 13 heteroatoms. The normalized spacial score (nSPS) is 22.0. The number of Topliss-reactive ketones (excluding diaryl/α,β-unsaturated/α-hetero) is 1. The first-order valence-corrected chi connectivity index (χ1v) is 13.1. The molecule has 0 unspecified atom stereocenters. The van der Waals surface area contributed by atoms with Gasteiger partial charge in [-0.25, -0.2) is 0 Å². The molecule has 1 saturated carbocycles. The summed E-state index contributed by atoms with van der Waals surface area (Å²) in [4.78, 5) is 43.3. The number of rotatable bonds is 7. The maximum atomic E-state index is 14.5. The number of amides is 1. The van der Waals surface area contributed by atoms with Crippen LogP contribution in [0.3, 0.4) is 0 Å². The topological polar surface area (TPSA) is 105 Å². The minimum absolute atomic E-state index is 0.0425. The van der Waals surface area contributed by atoms with Crippen LogP contribution in [0.2, 0.25) is 10.0 Å².